The van der Waals surface area contributed by atoms with Crippen molar-refractivity contribution in [2.24, 2.45) is 0 Å². The number of rotatable bonds is 2. The van der Waals surface area contributed by atoms with Gasteiger partial charge in [0.2, 0.25) is 0 Å². The van der Waals surface area contributed by atoms with Gasteiger partial charge >= 0.3 is 4.87 Å². The average molecular weight is 241 g/mol. The van der Waals surface area contributed by atoms with Crippen LogP contribution in [0.25, 0.3) is 0 Å². The van der Waals surface area contributed by atoms with Crippen LogP contribution in [-0.2, 0) is 6.54 Å². The highest BCUT2D eigenvalue weighted by Crippen LogP contribution is 2.08. The smallest absolute Gasteiger partial charge is 0.297 e. The highest BCUT2D eigenvalue weighted by atomic mass is 35.5. The second kappa shape index (κ2) is 4.16. The van der Waals surface area contributed by atoms with Crippen LogP contribution < -0.4 is 4.87 Å². The van der Waals surface area contributed by atoms with E-state index >= 15 is 0 Å². The van der Waals surface area contributed by atoms with Gasteiger partial charge in [-0.25, -0.2) is 4.98 Å². The van der Waals surface area contributed by atoms with Crippen LogP contribution in [-0.4, -0.2) is 9.55 Å². The molecule has 0 aliphatic rings. The lowest BCUT2D eigenvalue weighted by Gasteiger charge is -2.03. The molecule has 2 aromatic rings. The molecule has 0 aromatic carbocycles. The van der Waals surface area contributed by atoms with Crippen LogP contribution in [0.5, 0.6) is 0 Å². The van der Waals surface area contributed by atoms with Gasteiger partial charge in [-0.1, -0.05) is 29.0 Å². The van der Waals surface area contributed by atoms with Crippen LogP contribution in [0, 0.1) is 6.92 Å². The molecular formula is C10H9ClN2OS. The molecule has 78 valence electrons. The fourth-order valence-corrected chi connectivity index (χ4v) is 2.21. The molecule has 3 nitrogen and oxygen atoms in total. The predicted molar refractivity (Wildman–Crippen MR) is 61.7 cm³/mol. The average Bonchev–Trinajstić information content (AvgIpc) is 2.50. The number of pyridine rings is 1. The minimum absolute atomic E-state index is 0.0364. The lowest BCUT2D eigenvalue weighted by Crippen LogP contribution is -2.15. The number of hydrogen-bond acceptors (Lipinski definition) is 3. The molecule has 0 aliphatic carbocycles. The Morgan fingerprint density at radius 3 is 2.93 bits per heavy atom. The van der Waals surface area contributed by atoms with E-state index in [4.69, 9.17) is 11.6 Å². The molecule has 0 radical (unpaired) electrons. The fourth-order valence-electron chi connectivity index (χ4n) is 1.30. The van der Waals surface area contributed by atoms with Gasteiger partial charge in [0.05, 0.1) is 12.2 Å². The van der Waals surface area contributed by atoms with Gasteiger partial charge in [0, 0.05) is 11.1 Å². The number of aromatic nitrogens is 2. The molecule has 0 saturated carbocycles. The van der Waals surface area contributed by atoms with Crippen molar-refractivity contribution >= 4 is 22.9 Å². The summed E-state index contributed by atoms with van der Waals surface area (Å²) in [6, 6.07) is 5.40. The highest BCUT2D eigenvalue weighted by Gasteiger charge is 2.04. The summed E-state index contributed by atoms with van der Waals surface area (Å²) in [5.41, 5.74) is 1.75. The molecule has 0 aliphatic heterocycles. The lowest BCUT2D eigenvalue weighted by molar-refractivity contribution is 0.735. The van der Waals surface area contributed by atoms with Gasteiger partial charge in [0.1, 0.15) is 5.15 Å². The molecule has 0 spiro atoms. The Kier molecular flexibility index (Phi) is 2.88. The molecule has 0 bridgehead atoms. The van der Waals surface area contributed by atoms with E-state index in [0.29, 0.717) is 11.7 Å². The predicted octanol–water partition coefficient (Wildman–Crippen LogP) is 2.31. The molecule has 2 heterocycles. The van der Waals surface area contributed by atoms with E-state index in [2.05, 4.69) is 4.98 Å². The van der Waals surface area contributed by atoms with Gasteiger partial charge < -0.3 is 0 Å². The Hall–Kier alpha value is -1.13. The normalized spacial score (nSPS) is 10.5. The van der Waals surface area contributed by atoms with Crippen LogP contribution in [0.3, 0.4) is 0 Å². The minimum atomic E-state index is 0.0364. The zero-order valence-corrected chi connectivity index (χ0v) is 9.68. The van der Waals surface area contributed by atoms with Crippen LogP contribution in [0.4, 0.5) is 0 Å². The topological polar surface area (TPSA) is 34.9 Å². The zero-order chi connectivity index (χ0) is 10.8. The first-order valence-electron chi connectivity index (χ1n) is 4.43. The molecular weight excluding hydrogens is 232 g/mol. The fraction of sp³-hybridized carbons (Fsp3) is 0.200. The Labute approximate surface area is 96.0 Å². The van der Waals surface area contributed by atoms with Crippen LogP contribution >= 0.6 is 22.9 Å². The maximum absolute atomic E-state index is 11.5. The van der Waals surface area contributed by atoms with Gasteiger partial charge in [0.15, 0.2) is 0 Å². The number of aryl methyl sites for hydroxylation is 1. The van der Waals surface area contributed by atoms with Crippen molar-refractivity contribution in [2.45, 2.75) is 13.5 Å². The molecule has 15 heavy (non-hydrogen) atoms. The molecule has 0 unspecified atom stereocenters. The van der Waals surface area contributed by atoms with Gasteiger partial charge in [-0.2, -0.15) is 0 Å². The Morgan fingerprint density at radius 2 is 2.33 bits per heavy atom. The highest BCUT2D eigenvalue weighted by molar-refractivity contribution is 7.07. The number of nitrogens with zero attached hydrogens (tertiary/aromatic N) is 2. The summed E-state index contributed by atoms with van der Waals surface area (Å²) in [6.45, 7) is 2.39. The van der Waals surface area contributed by atoms with Crippen molar-refractivity contribution in [2.75, 3.05) is 0 Å². The largest absolute Gasteiger partial charge is 0.307 e. The second-order valence-electron chi connectivity index (χ2n) is 3.18. The van der Waals surface area contributed by atoms with E-state index in [1.54, 1.807) is 10.6 Å². The third-order valence-corrected chi connectivity index (χ3v) is 3.16. The van der Waals surface area contributed by atoms with E-state index in [9.17, 15) is 4.79 Å². The van der Waals surface area contributed by atoms with Crippen molar-refractivity contribution in [3.05, 3.63) is 49.8 Å². The minimum Gasteiger partial charge on any atom is -0.297 e. The quantitative estimate of drug-likeness (QED) is 0.755. The van der Waals surface area contributed by atoms with E-state index < -0.39 is 0 Å². The van der Waals surface area contributed by atoms with E-state index in [0.717, 1.165) is 11.4 Å². The van der Waals surface area contributed by atoms with E-state index in [1.807, 2.05) is 24.4 Å². The third kappa shape index (κ3) is 2.27. The monoisotopic (exact) mass is 240 g/mol. The summed E-state index contributed by atoms with van der Waals surface area (Å²) in [6.07, 6.45) is 0. The maximum Gasteiger partial charge on any atom is 0.307 e. The summed E-state index contributed by atoms with van der Waals surface area (Å²) in [5, 5.41) is 2.29. The van der Waals surface area contributed by atoms with Gasteiger partial charge in [-0.3, -0.25) is 9.36 Å². The number of hydrogen-bond donors (Lipinski definition) is 0. The van der Waals surface area contributed by atoms with Crippen LogP contribution in [0.2, 0.25) is 5.15 Å². The number of halogens is 1. The maximum atomic E-state index is 11.5. The van der Waals surface area contributed by atoms with Crippen LogP contribution in [0.1, 0.15) is 11.4 Å². The first kappa shape index (κ1) is 10.4. The SMILES string of the molecule is Cc1csc(=O)n1Cc1cccc(Cl)n1. The van der Waals surface area contributed by atoms with Crippen molar-refractivity contribution < 1.29 is 0 Å². The van der Waals surface area contributed by atoms with Crippen LogP contribution in [0.15, 0.2) is 28.4 Å². The summed E-state index contributed by atoms with van der Waals surface area (Å²) < 4.78 is 1.68. The molecule has 5 heteroatoms. The summed E-state index contributed by atoms with van der Waals surface area (Å²) in [4.78, 5) is 15.6. The molecule has 2 aromatic heterocycles. The van der Waals surface area contributed by atoms with Crippen molar-refractivity contribution in [1.29, 1.82) is 0 Å². The Bertz CT molecular complexity index is 532. The second-order valence-corrected chi connectivity index (χ2v) is 4.39. The molecule has 0 saturated heterocycles. The van der Waals surface area contributed by atoms with Gasteiger partial charge in [0.25, 0.3) is 0 Å². The Morgan fingerprint density at radius 1 is 1.53 bits per heavy atom. The molecule has 0 fully saturated rings. The third-order valence-electron chi connectivity index (χ3n) is 2.07. The summed E-state index contributed by atoms with van der Waals surface area (Å²) in [7, 11) is 0. The summed E-state index contributed by atoms with van der Waals surface area (Å²) in [5.74, 6) is 0. The molecule has 0 N–H and O–H groups in total. The van der Waals surface area contributed by atoms with Crippen molar-refractivity contribution in [1.82, 2.24) is 9.55 Å². The van der Waals surface area contributed by atoms with Gasteiger partial charge in [-0.05, 0) is 19.1 Å². The first-order chi connectivity index (χ1) is 7.16. The van der Waals surface area contributed by atoms with Crippen molar-refractivity contribution in [3.63, 3.8) is 0 Å². The first-order valence-corrected chi connectivity index (χ1v) is 5.69. The van der Waals surface area contributed by atoms with E-state index in [-0.39, 0.29) is 4.87 Å². The standard InChI is InChI=1S/C10H9ClN2OS/c1-7-6-15-10(14)13(7)5-8-3-2-4-9(11)12-8/h2-4,6H,5H2,1H3. The lowest BCUT2D eigenvalue weighted by atomic mass is 10.3. The molecule has 0 atom stereocenters. The zero-order valence-electron chi connectivity index (χ0n) is 8.11. The Balaban J connectivity index is 2.33. The van der Waals surface area contributed by atoms with Crippen molar-refractivity contribution in [3.8, 4) is 0 Å². The molecule has 0 amide bonds. The molecule has 2 rings (SSSR count). The number of thiazole rings is 1. The summed E-state index contributed by atoms with van der Waals surface area (Å²) >= 11 is 6.97. The van der Waals surface area contributed by atoms with Gasteiger partial charge in [-0.15, -0.1) is 0 Å². The van der Waals surface area contributed by atoms with E-state index in [1.165, 1.54) is 11.3 Å².